The van der Waals surface area contributed by atoms with Gasteiger partial charge in [0.15, 0.2) is 0 Å². The summed E-state index contributed by atoms with van der Waals surface area (Å²) in [7, 11) is 0. The minimum Gasteiger partial charge on any atom is -0.312 e. The SMILES string of the molecule is CC1(CNCc2ccccc2)CCC1. The van der Waals surface area contributed by atoms with Crippen LogP contribution in [0.2, 0.25) is 0 Å². The normalized spacial score (nSPS) is 18.9. The lowest BCUT2D eigenvalue weighted by molar-refractivity contribution is 0.156. The highest BCUT2D eigenvalue weighted by atomic mass is 14.9. The Balaban J connectivity index is 1.73. The van der Waals surface area contributed by atoms with Gasteiger partial charge in [-0.15, -0.1) is 0 Å². The summed E-state index contributed by atoms with van der Waals surface area (Å²) < 4.78 is 0. The van der Waals surface area contributed by atoms with Gasteiger partial charge in [-0.2, -0.15) is 0 Å². The highest BCUT2D eigenvalue weighted by molar-refractivity contribution is 5.14. The zero-order valence-corrected chi connectivity index (χ0v) is 8.92. The largest absolute Gasteiger partial charge is 0.312 e. The van der Waals surface area contributed by atoms with Crippen LogP contribution in [0.4, 0.5) is 0 Å². The van der Waals surface area contributed by atoms with E-state index in [9.17, 15) is 0 Å². The summed E-state index contributed by atoms with van der Waals surface area (Å²) in [6.45, 7) is 4.56. The zero-order valence-electron chi connectivity index (χ0n) is 8.92. The fraction of sp³-hybridized carbons (Fsp3) is 0.538. The summed E-state index contributed by atoms with van der Waals surface area (Å²) in [6, 6.07) is 10.6. The maximum atomic E-state index is 3.54. The zero-order chi connectivity index (χ0) is 9.86. The Morgan fingerprint density at radius 1 is 1.21 bits per heavy atom. The molecule has 0 heterocycles. The van der Waals surface area contributed by atoms with Crippen LogP contribution in [-0.2, 0) is 6.54 Å². The van der Waals surface area contributed by atoms with E-state index in [1.54, 1.807) is 0 Å². The smallest absolute Gasteiger partial charge is 0.0205 e. The van der Waals surface area contributed by atoms with Crippen molar-refractivity contribution in [3.63, 3.8) is 0 Å². The van der Waals surface area contributed by atoms with Crippen LogP contribution in [-0.4, -0.2) is 6.54 Å². The molecule has 0 bridgehead atoms. The van der Waals surface area contributed by atoms with Crippen LogP contribution in [0.15, 0.2) is 30.3 Å². The van der Waals surface area contributed by atoms with Crippen LogP contribution < -0.4 is 5.32 Å². The third-order valence-corrected chi connectivity index (χ3v) is 3.28. The first-order valence-corrected chi connectivity index (χ1v) is 5.53. The van der Waals surface area contributed by atoms with Gasteiger partial charge in [-0.05, 0) is 23.8 Å². The van der Waals surface area contributed by atoms with Crippen molar-refractivity contribution in [2.45, 2.75) is 32.7 Å². The predicted molar refractivity (Wildman–Crippen MR) is 60.1 cm³/mol. The summed E-state index contributed by atoms with van der Waals surface area (Å²) in [6.07, 6.45) is 4.22. The first-order chi connectivity index (χ1) is 6.79. The molecule has 2 rings (SSSR count). The van der Waals surface area contributed by atoms with Crippen molar-refractivity contribution in [2.75, 3.05) is 6.54 Å². The lowest BCUT2D eigenvalue weighted by Gasteiger charge is -2.38. The van der Waals surface area contributed by atoms with Gasteiger partial charge >= 0.3 is 0 Å². The maximum Gasteiger partial charge on any atom is 0.0205 e. The molecule has 0 saturated heterocycles. The first kappa shape index (κ1) is 9.72. The van der Waals surface area contributed by atoms with E-state index in [2.05, 4.69) is 42.6 Å². The van der Waals surface area contributed by atoms with E-state index in [4.69, 9.17) is 0 Å². The summed E-state index contributed by atoms with van der Waals surface area (Å²) in [5.41, 5.74) is 1.98. The van der Waals surface area contributed by atoms with Gasteiger partial charge in [0.05, 0.1) is 0 Å². The topological polar surface area (TPSA) is 12.0 Å². The van der Waals surface area contributed by atoms with Crippen LogP contribution in [0.3, 0.4) is 0 Å². The van der Waals surface area contributed by atoms with Crippen molar-refractivity contribution in [1.82, 2.24) is 5.32 Å². The van der Waals surface area contributed by atoms with E-state index in [0.29, 0.717) is 5.41 Å². The van der Waals surface area contributed by atoms with Crippen molar-refractivity contribution in [3.8, 4) is 0 Å². The van der Waals surface area contributed by atoms with Crippen molar-refractivity contribution >= 4 is 0 Å². The summed E-state index contributed by atoms with van der Waals surface area (Å²) >= 11 is 0. The lowest BCUT2D eigenvalue weighted by Crippen LogP contribution is -2.36. The Hall–Kier alpha value is -0.820. The fourth-order valence-corrected chi connectivity index (χ4v) is 2.06. The highest BCUT2D eigenvalue weighted by Crippen LogP contribution is 2.39. The van der Waals surface area contributed by atoms with Gasteiger partial charge in [-0.25, -0.2) is 0 Å². The van der Waals surface area contributed by atoms with Crippen molar-refractivity contribution in [3.05, 3.63) is 35.9 Å². The van der Waals surface area contributed by atoms with E-state index in [1.165, 1.54) is 31.4 Å². The number of hydrogen-bond donors (Lipinski definition) is 1. The number of nitrogens with one attached hydrogen (secondary N) is 1. The second kappa shape index (κ2) is 4.14. The average molecular weight is 189 g/mol. The highest BCUT2D eigenvalue weighted by Gasteiger charge is 2.30. The number of benzene rings is 1. The van der Waals surface area contributed by atoms with E-state index in [0.717, 1.165) is 6.54 Å². The summed E-state index contributed by atoms with van der Waals surface area (Å²) in [5, 5.41) is 3.54. The third kappa shape index (κ3) is 2.36. The van der Waals surface area contributed by atoms with Gasteiger partial charge in [0.1, 0.15) is 0 Å². The Morgan fingerprint density at radius 3 is 2.50 bits per heavy atom. The lowest BCUT2D eigenvalue weighted by atomic mass is 9.70. The van der Waals surface area contributed by atoms with Gasteiger partial charge in [-0.1, -0.05) is 43.7 Å². The molecule has 1 saturated carbocycles. The average Bonchev–Trinajstić information content (AvgIpc) is 2.17. The van der Waals surface area contributed by atoms with Crippen molar-refractivity contribution in [2.24, 2.45) is 5.41 Å². The summed E-state index contributed by atoms with van der Waals surface area (Å²) in [4.78, 5) is 0. The van der Waals surface area contributed by atoms with Crippen LogP contribution in [0, 0.1) is 5.41 Å². The molecule has 0 amide bonds. The van der Waals surface area contributed by atoms with Gasteiger partial charge in [0, 0.05) is 13.1 Å². The molecule has 1 aliphatic carbocycles. The van der Waals surface area contributed by atoms with Crippen LogP contribution >= 0.6 is 0 Å². The molecule has 0 radical (unpaired) electrons. The molecule has 1 aromatic rings. The first-order valence-electron chi connectivity index (χ1n) is 5.53. The summed E-state index contributed by atoms with van der Waals surface area (Å²) in [5.74, 6) is 0. The molecule has 0 aliphatic heterocycles. The van der Waals surface area contributed by atoms with Gasteiger partial charge < -0.3 is 5.32 Å². The second-order valence-electron chi connectivity index (χ2n) is 4.75. The Morgan fingerprint density at radius 2 is 1.93 bits per heavy atom. The van der Waals surface area contributed by atoms with Crippen LogP contribution in [0.5, 0.6) is 0 Å². The number of rotatable bonds is 4. The standard InChI is InChI=1S/C13H19N/c1-13(8-5-9-13)11-14-10-12-6-3-2-4-7-12/h2-4,6-7,14H,5,8-11H2,1H3. The molecule has 0 unspecified atom stereocenters. The van der Waals surface area contributed by atoms with Gasteiger partial charge in [0.25, 0.3) is 0 Å². The van der Waals surface area contributed by atoms with E-state index < -0.39 is 0 Å². The van der Waals surface area contributed by atoms with Crippen LogP contribution in [0.25, 0.3) is 0 Å². The van der Waals surface area contributed by atoms with Crippen molar-refractivity contribution in [1.29, 1.82) is 0 Å². The molecule has 1 N–H and O–H groups in total. The molecule has 0 spiro atoms. The fourth-order valence-electron chi connectivity index (χ4n) is 2.06. The Kier molecular flexibility index (Phi) is 2.87. The molecule has 1 nitrogen and oxygen atoms in total. The third-order valence-electron chi connectivity index (χ3n) is 3.28. The quantitative estimate of drug-likeness (QED) is 0.768. The number of hydrogen-bond acceptors (Lipinski definition) is 1. The molecular formula is C13H19N. The van der Waals surface area contributed by atoms with Crippen LogP contribution in [0.1, 0.15) is 31.7 Å². The minimum atomic E-state index is 0.592. The predicted octanol–water partition coefficient (Wildman–Crippen LogP) is 2.97. The second-order valence-corrected chi connectivity index (χ2v) is 4.75. The monoisotopic (exact) mass is 189 g/mol. The maximum absolute atomic E-state index is 3.54. The molecule has 0 atom stereocenters. The molecule has 14 heavy (non-hydrogen) atoms. The Labute approximate surface area is 86.5 Å². The van der Waals surface area contributed by atoms with Crippen molar-refractivity contribution < 1.29 is 0 Å². The molecule has 1 aliphatic rings. The molecule has 0 aromatic heterocycles. The molecule has 76 valence electrons. The van der Waals surface area contributed by atoms with E-state index in [1.807, 2.05) is 0 Å². The molecular weight excluding hydrogens is 170 g/mol. The van der Waals surface area contributed by atoms with Gasteiger partial charge in [-0.3, -0.25) is 0 Å². The van der Waals surface area contributed by atoms with Gasteiger partial charge in [0.2, 0.25) is 0 Å². The minimum absolute atomic E-state index is 0.592. The van der Waals surface area contributed by atoms with E-state index in [-0.39, 0.29) is 0 Å². The molecule has 1 fully saturated rings. The molecule has 1 aromatic carbocycles. The van der Waals surface area contributed by atoms with E-state index >= 15 is 0 Å². The Bertz CT molecular complexity index is 275. The molecule has 1 heteroatoms.